The van der Waals surface area contributed by atoms with Gasteiger partial charge in [0, 0.05) is 30.1 Å². The molecule has 0 radical (unpaired) electrons. The second kappa shape index (κ2) is 8.19. The smallest absolute Gasteiger partial charge is 0.420 e. The molecule has 0 saturated carbocycles. The molecule has 4 heterocycles. The average molecular weight is 425 g/mol. The van der Waals surface area contributed by atoms with Gasteiger partial charge in [0.1, 0.15) is 28.9 Å². The van der Waals surface area contributed by atoms with Gasteiger partial charge in [0.2, 0.25) is 0 Å². The maximum Gasteiger partial charge on any atom is 0.420 e. The van der Waals surface area contributed by atoms with Crippen LogP contribution >= 0.6 is 0 Å². The zero-order valence-electron chi connectivity index (χ0n) is 18.3. The summed E-state index contributed by atoms with van der Waals surface area (Å²) >= 11 is 0. The van der Waals surface area contributed by atoms with Gasteiger partial charge in [-0.15, -0.1) is 0 Å². The molecule has 0 bridgehead atoms. The maximum atomic E-state index is 12.8. The molecule has 3 aromatic rings. The number of rotatable bonds is 4. The molecule has 31 heavy (non-hydrogen) atoms. The number of nitrogen functional groups attached to an aromatic ring is 1. The predicted molar refractivity (Wildman–Crippen MR) is 117 cm³/mol. The number of aromatic nitrogens is 3. The SMILES string of the molecule is Cc1nc(N)ccc1Cc1cn(C(=O)OC(C)(C)C)c2ncc(OC3CCOC3)cc12. The highest BCUT2D eigenvalue weighted by atomic mass is 16.6. The van der Waals surface area contributed by atoms with Crippen molar-refractivity contribution in [3.05, 3.63) is 47.4 Å². The fraction of sp³-hybridized carbons (Fsp3) is 0.435. The monoisotopic (exact) mass is 424 g/mol. The minimum absolute atomic E-state index is 0.0131. The highest BCUT2D eigenvalue weighted by molar-refractivity contribution is 5.90. The maximum absolute atomic E-state index is 12.8. The number of pyridine rings is 2. The Bertz CT molecular complexity index is 1110. The predicted octanol–water partition coefficient (Wildman–Crippen LogP) is 3.86. The Hall–Kier alpha value is -3.13. The van der Waals surface area contributed by atoms with E-state index >= 15 is 0 Å². The Labute approximate surface area is 181 Å². The van der Waals surface area contributed by atoms with Gasteiger partial charge in [0.15, 0.2) is 0 Å². The fourth-order valence-corrected chi connectivity index (χ4v) is 3.61. The molecular weight excluding hydrogens is 396 g/mol. The summed E-state index contributed by atoms with van der Waals surface area (Å²) in [5.74, 6) is 1.13. The first kappa shape index (κ1) is 21.1. The Kier molecular flexibility index (Phi) is 5.58. The molecule has 2 N–H and O–H groups in total. The number of hydrogen-bond acceptors (Lipinski definition) is 7. The van der Waals surface area contributed by atoms with Gasteiger partial charge in [-0.3, -0.25) is 0 Å². The summed E-state index contributed by atoms with van der Waals surface area (Å²) in [6.07, 6.45) is 4.38. The lowest BCUT2D eigenvalue weighted by Gasteiger charge is -2.19. The van der Waals surface area contributed by atoms with Gasteiger partial charge in [0.25, 0.3) is 0 Å². The number of carbonyl (C=O) groups is 1. The van der Waals surface area contributed by atoms with E-state index in [0.29, 0.717) is 36.8 Å². The quantitative estimate of drug-likeness (QED) is 0.678. The third-order valence-corrected chi connectivity index (χ3v) is 5.08. The van der Waals surface area contributed by atoms with E-state index in [1.165, 1.54) is 4.57 Å². The Morgan fingerprint density at radius 2 is 2.13 bits per heavy atom. The summed E-state index contributed by atoms with van der Waals surface area (Å²) in [6, 6.07) is 5.66. The Morgan fingerprint density at radius 1 is 1.32 bits per heavy atom. The van der Waals surface area contributed by atoms with Crippen molar-refractivity contribution in [3.8, 4) is 5.75 Å². The van der Waals surface area contributed by atoms with Crippen molar-refractivity contribution in [2.75, 3.05) is 18.9 Å². The molecule has 1 unspecified atom stereocenters. The summed E-state index contributed by atoms with van der Waals surface area (Å²) in [5.41, 5.74) is 8.51. The van der Waals surface area contributed by atoms with E-state index in [9.17, 15) is 4.79 Å². The highest BCUT2D eigenvalue weighted by Gasteiger charge is 2.23. The zero-order valence-corrected chi connectivity index (χ0v) is 18.3. The second-order valence-corrected chi connectivity index (χ2v) is 8.81. The lowest BCUT2D eigenvalue weighted by molar-refractivity contribution is 0.0543. The number of carbonyl (C=O) groups excluding carboxylic acids is 1. The van der Waals surface area contributed by atoms with Crippen LogP contribution in [-0.4, -0.2) is 45.5 Å². The van der Waals surface area contributed by atoms with Gasteiger partial charge in [-0.05, 0) is 51.0 Å². The van der Waals surface area contributed by atoms with Crippen molar-refractivity contribution in [3.63, 3.8) is 0 Å². The molecule has 1 aliphatic rings. The molecular formula is C23H28N4O4. The number of anilines is 1. The first-order valence-corrected chi connectivity index (χ1v) is 10.4. The molecule has 0 aliphatic carbocycles. The number of ether oxygens (including phenoxy) is 3. The summed E-state index contributed by atoms with van der Waals surface area (Å²) < 4.78 is 18.5. The molecule has 3 aromatic heterocycles. The van der Waals surface area contributed by atoms with Crippen LogP contribution < -0.4 is 10.5 Å². The van der Waals surface area contributed by atoms with Crippen molar-refractivity contribution >= 4 is 22.9 Å². The average Bonchev–Trinajstić information content (AvgIpc) is 3.31. The molecule has 0 aromatic carbocycles. The molecule has 1 fully saturated rings. The standard InChI is InChI=1S/C23H28N4O4/c1-14-15(5-6-20(24)26-14)9-16-12-27(22(28)31-23(2,3)4)21-19(16)10-18(11-25-21)30-17-7-8-29-13-17/h5-6,10-12,17H,7-9,13H2,1-4H3,(H2,24,26). The highest BCUT2D eigenvalue weighted by Crippen LogP contribution is 2.28. The summed E-state index contributed by atoms with van der Waals surface area (Å²) in [5, 5.41) is 0.832. The van der Waals surface area contributed by atoms with Crippen LogP contribution in [0.15, 0.2) is 30.6 Å². The Morgan fingerprint density at radius 3 is 2.81 bits per heavy atom. The van der Waals surface area contributed by atoms with Crippen LogP contribution in [0.25, 0.3) is 11.0 Å². The zero-order chi connectivity index (χ0) is 22.2. The first-order valence-electron chi connectivity index (χ1n) is 10.4. The van der Waals surface area contributed by atoms with E-state index in [1.54, 1.807) is 18.5 Å². The van der Waals surface area contributed by atoms with E-state index in [4.69, 9.17) is 19.9 Å². The van der Waals surface area contributed by atoms with Crippen molar-refractivity contribution in [1.29, 1.82) is 0 Å². The number of hydrogen-bond donors (Lipinski definition) is 1. The fourth-order valence-electron chi connectivity index (χ4n) is 3.61. The van der Waals surface area contributed by atoms with E-state index in [1.807, 2.05) is 39.8 Å². The molecule has 0 amide bonds. The minimum Gasteiger partial charge on any atom is -0.486 e. The van der Waals surface area contributed by atoms with Gasteiger partial charge in [-0.1, -0.05) is 6.07 Å². The molecule has 8 heteroatoms. The van der Waals surface area contributed by atoms with Gasteiger partial charge in [-0.2, -0.15) is 0 Å². The van der Waals surface area contributed by atoms with Crippen LogP contribution in [-0.2, 0) is 15.9 Å². The Balaban J connectivity index is 1.74. The molecule has 1 atom stereocenters. The largest absolute Gasteiger partial charge is 0.486 e. The molecule has 4 rings (SSSR count). The van der Waals surface area contributed by atoms with Crippen LogP contribution in [0, 0.1) is 6.92 Å². The third-order valence-electron chi connectivity index (χ3n) is 5.08. The number of nitrogens with zero attached hydrogens (tertiary/aromatic N) is 3. The second-order valence-electron chi connectivity index (χ2n) is 8.81. The first-order chi connectivity index (χ1) is 14.7. The summed E-state index contributed by atoms with van der Waals surface area (Å²) in [7, 11) is 0. The van der Waals surface area contributed by atoms with Gasteiger partial charge in [-0.25, -0.2) is 19.3 Å². The van der Waals surface area contributed by atoms with E-state index in [0.717, 1.165) is 28.6 Å². The van der Waals surface area contributed by atoms with Gasteiger partial charge < -0.3 is 19.9 Å². The number of fused-ring (bicyclic) bond motifs is 1. The summed E-state index contributed by atoms with van der Waals surface area (Å²) in [4.78, 5) is 21.7. The lowest BCUT2D eigenvalue weighted by Crippen LogP contribution is -2.26. The number of nitrogens with two attached hydrogens (primary N) is 1. The molecule has 1 aliphatic heterocycles. The van der Waals surface area contributed by atoms with Crippen molar-refractivity contribution in [2.24, 2.45) is 0 Å². The van der Waals surface area contributed by atoms with Crippen molar-refractivity contribution in [1.82, 2.24) is 14.5 Å². The topological polar surface area (TPSA) is 101 Å². The van der Waals surface area contributed by atoms with Gasteiger partial charge in [0.05, 0.1) is 19.4 Å². The third kappa shape index (κ3) is 4.80. The molecule has 1 saturated heterocycles. The lowest BCUT2D eigenvalue weighted by atomic mass is 10.0. The van der Waals surface area contributed by atoms with Gasteiger partial charge >= 0.3 is 6.09 Å². The normalized spacial score (nSPS) is 16.6. The number of aryl methyl sites for hydroxylation is 1. The van der Waals surface area contributed by atoms with Crippen molar-refractivity contribution in [2.45, 2.75) is 52.2 Å². The van der Waals surface area contributed by atoms with Crippen LogP contribution in [0.2, 0.25) is 0 Å². The summed E-state index contributed by atoms with van der Waals surface area (Å²) in [6.45, 7) is 8.70. The molecule has 164 valence electrons. The van der Waals surface area contributed by atoms with E-state index in [2.05, 4.69) is 9.97 Å². The van der Waals surface area contributed by atoms with E-state index < -0.39 is 11.7 Å². The van der Waals surface area contributed by atoms with Crippen LogP contribution in [0.3, 0.4) is 0 Å². The van der Waals surface area contributed by atoms with Crippen molar-refractivity contribution < 1.29 is 19.0 Å². The molecule has 0 spiro atoms. The van der Waals surface area contributed by atoms with Crippen LogP contribution in [0.4, 0.5) is 10.6 Å². The molecule has 8 nitrogen and oxygen atoms in total. The minimum atomic E-state index is -0.614. The van der Waals surface area contributed by atoms with Crippen LogP contribution in [0.1, 0.15) is 44.0 Å². The van der Waals surface area contributed by atoms with E-state index in [-0.39, 0.29) is 6.10 Å². The van der Waals surface area contributed by atoms with Crippen LogP contribution in [0.5, 0.6) is 5.75 Å².